The average Bonchev–Trinajstić information content (AvgIpc) is 4.08. The van der Waals surface area contributed by atoms with E-state index in [-0.39, 0.29) is 18.0 Å². The minimum atomic E-state index is -1.74. The zero-order valence-corrected chi connectivity index (χ0v) is 29.6. The highest BCUT2D eigenvalue weighted by Gasteiger charge is 2.46. The number of pyridine rings is 1. The van der Waals surface area contributed by atoms with Crippen molar-refractivity contribution in [1.29, 1.82) is 0 Å². The van der Waals surface area contributed by atoms with Gasteiger partial charge < -0.3 is 45.8 Å². The van der Waals surface area contributed by atoms with Gasteiger partial charge in [0.2, 0.25) is 0 Å². The summed E-state index contributed by atoms with van der Waals surface area (Å²) in [6, 6.07) is 16.2. The standard InChI is InChI=1S/C38H51ClN4O7/c1-24(7-5-6-18-43(2)37(49)41-22-32(45)35(47)36(48)33(46)23-44)25-10-13-31(39)26(19-25)20-42-38(15-16-38)30-21-40-17-14-28(30)29-8-3-4-9-34(29)50-27-11-12-27/h3-4,8-10,13-14,17,19,21,24,27,32-33,35-36,42,44-48H,5-7,11-12,15-16,18,20,22-23H2,1-2H3,(H,41,49)/t24?,32-,33+,35+,36+/m0/s1. The summed E-state index contributed by atoms with van der Waals surface area (Å²) in [5.41, 5.74) is 5.49. The molecule has 2 aliphatic carbocycles. The second-order valence-corrected chi connectivity index (χ2v) is 14.2. The number of hydrogen-bond donors (Lipinski definition) is 7. The normalized spacial score (nSPS) is 18.1. The van der Waals surface area contributed by atoms with Crippen LogP contribution in [0.1, 0.15) is 74.5 Å². The van der Waals surface area contributed by atoms with Crippen molar-refractivity contribution in [2.24, 2.45) is 0 Å². The topological polar surface area (TPSA) is 168 Å². The molecule has 0 bridgehead atoms. The molecule has 50 heavy (non-hydrogen) atoms. The van der Waals surface area contributed by atoms with E-state index in [1.54, 1.807) is 7.05 Å². The Kier molecular flexibility index (Phi) is 13.1. The number of aliphatic hydroxyl groups excluding tert-OH is 5. The number of amides is 2. The van der Waals surface area contributed by atoms with E-state index in [0.717, 1.165) is 72.4 Å². The lowest BCUT2D eigenvalue weighted by molar-refractivity contribution is -0.113. The van der Waals surface area contributed by atoms with Crippen LogP contribution in [0.25, 0.3) is 11.1 Å². The van der Waals surface area contributed by atoms with E-state index in [4.69, 9.17) is 21.4 Å². The predicted octanol–water partition coefficient (Wildman–Crippen LogP) is 4.07. The van der Waals surface area contributed by atoms with Crippen LogP contribution in [0.2, 0.25) is 5.02 Å². The fourth-order valence-electron chi connectivity index (χ4n) is 6.21. The summed E-state index contributed by atoms with van der Waals surface area (Å²) in [7, 11) is 1.65. The number of para-hydroxylation sites is 1. The molecule has 11 nitrogen and oxygen atoms in total. The van der Waals surface area contributed by atoms with Crippen molar-refractivity contribution in [3.63, 3.8) is 0 Å². The second-order valence-electron chi connectivity index (χ2n) is 13.8. The first kappa shape index (κ1) is 38.0. The van der Waals surface area contributed by atoms with Crippen molar-refractivity contribution in [1.82, 2.24) is 20.5 Å². The van der Waals surface area contributed by atoms with Gasteiger partial charge >= 0.3 is 6.03 Å². The number of benzene rings is 2. The van der Waals surface area contributed by atoms with Crippen LogP contribution in [-0.2, 0) is 12.1 Å². The number of carbonyl (C=O) groups is 1. The molecule has 2 saturated carbocycles. The molecule has 272 valence electrons. The Balaban J connectivity index is 1.11. The third-order valence-corrected chi connectivity index (χ3v) is 10.2. The first-order chi connectivity index (χ1) is 24.0. The van der Waals surface area contributed by atoms with Gasteiger partial charge in [-0.1, -0.05) is 55.3 Å². The van der Waals surface area contributed by atoms with Crippen LogP contribution in [-0.4, -0.2) is 98.7 Å². The van der Waals surface area contributed by atoms with E-state index in [1.165, 1.54) is 16.0 Å². The summed E-state index contributed by atoms with van der Waals surface area (Å²) in [5, 5.41) is 55.2. The molecule has 1 heterocycles. The van der Waals surface area contributed by atoms with Crippen LogP contribution in [0.5, 0.6) is 5.75 Å². The summed E-state index contributed by atoms with van der Waals surface area (Å²) in [4.78, 5) is 18.5. The Hall–Kier alpha value is -3.29. The number of carbonyl (C=O) groups excluding carboxylic acids is 1. The Labute approximate surface area is 299 Å². The van der Waals surface area contributed by atoms with Gasteiger partial charge in [0.25, 0.3) is 0 Å². The SMILES string of the molecule is CC(CCCCN(C)C(=O)NC[C@H](O)[C@@H](O)[C@H](O)[C@H](O)CO)c1ccc(Cl)c(CNC2(c3cnccc3-c3ccccc3OC3CC3)CC2)c1. The van der Waals surface area contributed by atoms with Crippen molar-refractivity contribution in [2.45, 2.75) is 100 Å². The fraction of sp³-hybridized carbons (Fsp3) is 0.526. The number of unbranched alkanes of at least 4 members (excludes halogenated alkanes) is 1. The van der Waals surface area contributed by atoms with Gasteiger partial charge in [-0.15, -0.1) is 0 Å². The number of rotatable bonds is 19. The van der Waals surface area contributed by atoms with Crippen molar-refractivity contribution < 1.29 is 35.1 Å². The maximum absolute atomic E-state index is 12.5. The van der Waals surface area contributed by atoms with E-state index in [2.05, 4.69) is 58.9 Å². The van der Waals surface area contributed by atoms with Crippen molar-refractivity contribution in [3.8, 4) is 16.9 Å². The van der Waals surface area contributed by atoms with Gasteiger partial charge in [-0.05, 0) is 84.9 Å². The molecule has 7 N–H and O–H groups in total. The van der Waals surface area contributed by atoms with Crippen molar-refractivity contribution in [3.05, 3.63) is 82.6 Å². The summed E-state index contributed by atoms with van der Waals surface area (Å²) in [5.74, 6) is 1.20. The van der Waals surface area contributed by atoms with E-state index in [0.29, 0.717) is 19.2 Å². The number of urea groups is 1. The first-order valence-electron chi connectivity index (χ1n) is 17.6. The van der Waals surface area contributed by atoms with Gasteiger partial charge in [0.05, 0.1) is 18.8 Å². The van der Waals surface area contributed by atoms with Crippen LogP contribution in [0, 0.1) is 0 Å². The molecule has 0 spiro atoms. The lowest BCUT2D eigenvalue weighted by atomic mass is 9.93. The first-order valence-corrected chi connectivity index (χ1v) is 18.0. The highest BCUT2D eigenvalue weighted by Crippen LogP contribution is 2.50. The van der Waals surface area contributed by atoms with Gasteiger partial charge in [-0.3, -0.25) is 4.98 Å². The van der Waals surface area contributed by atoms with E-state index in [1.807, 2.05) is 24.5 Å². The maximum Gasteiger partial charge on any atom is 0.317 e. The number of halogens is 1. The Morgan fingerprint density at radius 1 is 1.04 bits per heavy atom. The number of aromatic nitrogens is 1. The minimum absolute atomic E-state index is 0.179. The largest absolute Gasteiger partial charge is 0.490 e. The molecule has 12 heteroatoms. The highest BCUT2D eigenvalue weighted by molar-refractivity contribution is 6.31. The number of aliphatic hydroxyl groups is 5. The Morgan fingerprint density at radius 2 is 1.78 bits per heavy atom. The summed E-state index contributed by atoms with van der Waals surface area (Å²) >= 11 is 6.71. The Morgan fingerprint density at radius 3 is 2.50 bits per heavy atom. The van der Waals surface area contributed by atoms with Gasteiger partial charge in [-0.2, -0.15) is 0 Å². The van der Waals surface area contributed by atoms with E-state index in [9.17, 15) is 25.2 Å². The third-order valence-electron chi connectivity index (χ3n) is 9.85. The summed E-state index contributed by atoms with van der Waals surface area (Å²) in [6.07, 6.45) is 4.38. The zero-order chi connectivity index (χ0) is 35.8. The second kappa shape index (κ2) is 17.3. The number of hydrogen-bond acceptors (Lipinski definition) is 9. The smallest absolute Gasteiger partial charge is 0.317 e. The van der Waals surface area contributed by atoms with Crippen molar-refractivity contribution >= 4 is 17.6 Å². The summed E-state index contributed by atoms with van der Waals surface area (Å²) < 4.78 is 6.26. The number of ether oxygens (including phenoxy) is 1. The molecule has 1 unspecified atom stereocenters. The minimum Gasteiger partial charge on any atom is -0.490 e. The molecule has 5 atom stereocenters. The molecule has 0 aliphatic heterocycles. The van der Waals surface area contributed by atoms with Crippen molar-refractivity contribution in [2.75, 3.05) is 26.7 Å². The quantitative estimate of drug-likeness (QED) is 0.0908. The van der Waals surface area contributed by atoms with Crippen LogP contribution < -0.4 is 15.4 Å². The summed E-state index contributed by atoms with van der Waals surface area (Å²) in [6.45, 7) is 2.22. The molecule has 3 aromatic rings. The van der Waals surface area contributed by atoms with Gasteiger partial charge in [0, 0.05) is 55.2 Å². The monoisotopic (exact) mass is 710 g/mol. The highest BCUT2D eigenvalue weighted by atomic mass is 35.5. The van der Waals surface area contributed by atoms with Crippen LogP contribution in [0.15, 0.2) is 60.9 Å². The van der Waals surface area contributed by atoms with Crippen LogP contribution >= 0.6 is 11.6 Å². The molecule has 5 rings (SSSR count). The lowest BCUT2D eigenvalue weighted by Crippen LogP contribution is -2.51. The molecule has 2 aliphatic rings. The molecule has 2 fully saturated rings. The predicted molar refractivity (Wildman–Crippen MR) is 192 cm³/mol. The number of nitrogens with one attached hydrogen (secondary N) is 2. The average molecular weight is 711 g/mol. The third kappa shape index (κ3) is 9.73. The van der Waals surface area contributed by atoms with Gasteiger partial charge in [-0.25, -0.2) is 4.79 Å². The van der Waals surface area contributed by atoms with Crippen LogP contribution in [0.3, 0.4) is 0 Å². The van der Waals surface area contributed by atoms with Gasteiger partial charge in [0.1, 0.15) is 24.1 Å². The molecular formula is C38H51ClN4O7. The fourth-order valence-corrected chi connectivity index (χ4v) is 6.40. The lowest BCUT2D eigenvalue weighted by Gasteiger charge is -2.26. The molecule has 2 amide bonds. The zero-order valence-electron chi connectivity index (χ0n) is 28.8. The maximum atomic E-state index is 12.5. The Bertz CT molecular complexity index is 1570. The molecular weight excluding hydrogens is 660 g/mol. The van der Waals surface area contributed by atoms with Crippen LogP contribution in [0.4, 0.5) is 4.79 Å². The van der Waals surface area contributed by atoms with Gasteiger partial charge in [0.15, 0.2) is 0 Å². The van der Waals surface area contributed by atoms with E-state index < -0.39 is 37.1 Å². The molecule has 0 saturated heterocycles. The molecule has 1 aromatic heterocycles. The molecule has 0 radical (unpaired) electrons. The number of nitrogens with zero attached hydrogens (tertiary/aromatic N) is 2. The van der Waals surface area contributed by atoms with E-state index >= 15 is 0 Å². The molecule has 2 aromatic carbocycles.